The number of hydrogen-bond donors (Lipinski definition) is 1. The second-order valence-electron chi connectivity index (χ2n) is 3.28. The molecule has 2 N–H and O–H groups in total. The number of carbonyl (C=O) groups is 1. The lowest BCUT2D eigenvalue weighted by Crippen LogP contribution is -2.14. The van der Waals surface area contributed by atoms with Crippen LogP contribution < -0.4 is 5.73 Å². The summed E-state index contributed by atoms with van der Waals surface area (Å²) in [7, 11) is 0. The number of hydrogen-bond acceptors (Lipinski definition) is 2. The highest BCUT2D eigenvalue weighted by Gasteiger charge is 2.07. The molecule has 1 aromatic heterocycles. The molecule has 0 aliphatic carbocycles. The first-order valence-electron chi connectivity index (χ1n) is 4.48. The number of amides is 1. The Morgan fingerprint density at radius 2 is 2.27 bits per heavy atom. The predicted molar refractivity (Wildman–Crippen MR) is 54.6 cm³/mol. The monoisotopic (exact) mass is 204 g/mol. The van der Waals surface area contributed by atoms with Crippen LogP contribution in [0.1, 0.15) is 5.56 Å². The molecule has 1 amide bonds. The summed E-state index contributed by atoms with van der Waals surface area (Å²) in [6.07, 6.45) is 1.52. The van der Waals surface area contributed by atoms with Crippen LogP contribution in [0.3, 0.4) is 0 Å². The average molecular weight is 204 g/mol. The molecule has 0 bridgehead atoms. The van der Waals surface area contributed by atoms with Crippen LogP contribution in [0, 0.1) is 5.82 Å². The number of rotatable bonds is 2. The van der Waals surface area contributed by atoms with E-state index in [9.17, 15) is 9.18 Å². The lowest BCUT2D eigenvalue weighted by Gasteiger charge is -2.02. The van der Waals surface area contributed by atoms with Gasteiger partial charge >= 0.3 is 0 Å². The number of aromatic nitrogens is 1. The summed E-state index contributed by atoms with van der Waals surface area (Å²) in [5.74, 6) is -0.974. The molecule has 0 radical (unpaired) electrons. The van der Waals surface area contributed by atoms with Gasteiger partial charge in [0.1, 0.15) is 5.82 Å². The molecule has 0 unspecified atom stereocenters. The summed E-state index contributed by atoms with van der Waals surface area (Å²) in [6, 6.07) is 6.41. The van der Waals surface area contributed by atoms with Crippen molar-refractivity contribution in [1.29, 1.82) is 0 Å². The van der Waals surface area contributed by atoms with Gasteiger partial charge < -0.3 is 5.73 Å². The second kappa shape index (κ2) is 3.65. The van der Waals surface area contributed by atoms with Crippen LogP contribution in [0.5, 0.6) is 0 Å². The van der Waals surface area contributed by atoms with E-state index in [2.05, 4.69) is 4.98 Å². The minimum Gasteiger partial charge on any atom is -0.369 e. The van der Waals surface area contributed by atoms with E-state index in [1.54, 1.807) is 24.4 Å². The minimum absolute atomic E-state index is 0.0989. The minimum atomic E-state index is -0.552. The summed E-state index contributed by atoms with van der Waals surface area (Å²) in [5.41, 5.74) is 5.96. The number of nitrogens with zero attached hydrogens (tertiary/aromatic N) is 1. The summed E-state index contributed by atoms with van der Waals surface area (Å²) >= 11 is 0. The Labute approximate surface area is 85.7 Å². The fourth-order valence-electron chi connectivity index (χ4n) is 1.46. The zero-order valence-corrected chi connectivity index (χ0v) is 7.90. The van der Waals surface area contributed by atoms with Crippen LogP contribution in [0.2, 0.25) is 0 Å². The van der Waals surface area contributed by atoms with Crippen LogP contribution in [0.25, 0.3) is 10.9 Å². The molecule has 76 valence electrons. The molecule has 0 spiro atoms. The smallest absolute Gasteiger partial charge is 0.221 e. The molecule has 0 saturated heterocycles. The van der Waals surface area contributed by atoms with Crippen LogP contribution in [0.15, 0.2) is 30.5 Å². The molecule has 0 atom stereocenters. The highest BCUT2D eigenvalue weighted by atomic mass is 19.1. The van der Waals surface area contributed by atoms with Gasteiger partial charge in [0.25, 0.3) is 0 Å². The number of pyridine rings is 1. The van der Waals surface area contributed by atoms with Crippen molar-refractivity contribution >= 4 is 16.8 Å². The van der Waals surface area contributed by atoms with Gasteiger partial charge in [-0.25, -0.2) is 4.39 Å². The molecular weight excluding hydrogens is 195 g/mol. The molecule has 4 heteroatoms. The van der Waals surface area contributed by atoms with Gasteiger partial charge in [0.2, 0.25) is 5.91 Å². The Balaban J connectivity index is 2.56. The zero-order valence-electron chi connectivity index (χ0n) is 7.90. The molecule has 0 aliphatic heterocycles. The number of carbonyl (C=O) groups excluding carboxylic acids is 1. The normalized spacial score (nSPS) is 10.5. The summed E-state index contributed by atoms with van der Waals surface area (Å²) in [6.45, 7) is 0. The van der Waals surface area contributed by atoms with Crippen molar-refractivity contribution in [3.05, 3.63) is 41.8 Å². The Kier molecular flexibility index (Phi) is 2.33. The van der Waals surface area contributed by atoms with E-state index in [4.69, 9.17) is 5.73 Å². The average Bonchev–Trinajstić information content (AvgIpc) is 2.18. The fourth-order valence-corrected chi connectivity index (χ4v) is 1.46. The van der Waals surface area contributed by atoms with Crippen LogP contribution in [-0.4, -0.2) is 10.9 Å². The largest absolute Gasteiger partial charge is 0.369 e. The second-order valence-corrected chi connectivity index (χ2v) is 3.28. The first kappa shape index (κ1) is 9.58. The Morgan fingerprint density at radius 1 is 1.47 bits per heavy atom. The predicted octanol–water partition coefficient (Wildman–Crippen LogP) is 1.40. The first-order valence-corrected chi connectivity index (χ1v) is 4.48. The van der Waals surface area contributed by atoms with Gasteiger partial charge in [-0.3, -0.25) is 9.78 Å². The van der Waals surface area contributed by atoms with E-state index in [1.165, 1.54) is 6.07 Å². The number of fused-ring (bicyclic) bond motifs is 1. The third-order valence-corrected chi connectivity index (χ3v) is 2.14. The maximum atomic E-state index is 13.4. The van der Waals surface area contributed by atoms with E-state index >= 15 is 0 Å². The van der Waals surface area contributed by atoms with Crippen LogP contribution in [0.4, 0.5) is 4.39 Å². The van der Waals surface area contributed by atoms with Crippen molar-refractivity contribution in [3.8, 4) is 0 Å². The number of halogens is 1. The van der Waals surface area contributed by atoms with Crippen molar-refractivity contribution in [2.75, 3.05) is 0 Å². The highest BCUT2D eigenvalue weighted by molar-refractivity contribution is 5.82. The SMILES string of the molecule is NC(=O)Cc1cc2ncccc2cc1F. The van der Waals surface area contributed by atoms with E-state index in [0.29, 0.717) is 10.9 Å². The number of benzene rings is 1. The maximum absolute atomic E-state index is 13.4. The summed E-state index contributed by atoms with van der Waals surface area (Å²) in [4.78, 5) is 14.8. The summed E-state index contributed by atoms with van der Waals surface area (Å²) < 4.78 is 13.4. The van der Waals surface area contributed by atoms with Gasteiger partial charge in [-0.1, -0.05) is 6.07 Å². The lowest BCUT2D eigenvalue weighted by atomic mass is 10.1. The van der Waals surface area contributed by atoms with Gasteiger partial charge in [-0.15, -0.1) is 0 Å². The van der Waals surface area contributed by atoms with Gasteiger partial charge in [-0.2, -0.15) is 0 Å². The van der Waals surface area contributed by atoms with Crippen molar-refractivity contribution in [3.63, 3.8) is 0 Å². The maximum Gasteiger partial charge on any atom is 0.221 e. The van der Waals surface area contributed by atoms with Crippen LogP contribution >= 0.6 is 0 Å². The molecule has 15 heavy (non-hydrogen) atoms. The van der Waals surface area contributed by atoms with Gasteiger partial charge in [-0.05, 0) is 23.8 Å². The van der Waals surface area contributed by atoms with E-state index in [-0.39, 0.29) is 12.0 Å². The molecule has 0 aliphatic rings. The lowest BCUT2D eigenvalue weighted by molar-refractivity contribution is -0.117. The molecular formula is C11H9FN2O. The highest BCUT2D eigenvalue weighted by Crippen LogP contribution is 2.17. The van der Waals surface area contributed by atoms with E-state index in [1.807, 2.05) is 0 Å². The summed E-state index contributed by atoms with van der Waals surface area (Å²) in [5, 5.41) is 0.711. The molecule has 0 fully saturated rings. The molecule has 3 nitrogen and oxygen atoms in total. The number of nitrogens with two attached hydrogens (primary N) is 1. The Morgan fingerprint density at radius 3 is 3.00 bits per heavy atom. The number of primary amides is 1. The molecule has 0 saturated carbocycles. The fraction of sp³-hybridized carbons (Fsp3) is 0.0909. The van der Waals surface area contributed by atoms with Gasteiger partial charge in [0.05, 0.1) is 11.9 Å². The molecule has 1 aromatic carbocycles. The topological polar surface area (TPSA) is 56.0 Å². The van der Waals surface area contributed by atoms with Crippen molar-refractivity contribution in [2.24, 2.45) is 5.73 Å². The third kappa shape index (κ3) is 1.93. The van der Waals surface area contributed by atoms with E-state index < -0.39 is 11.7 Å². The van der Waals surface area contributed by atoms with Crippen molar-refractivity contribution in [2.45, 2.75) is 6.42 Å². The third-order valence-electron chi connectivity index (χ3n) is 2.14. The van der Waals surface area contributed by atoms with Crippen molar-refractivity contribution < 1.29 is 9.18 Å². The Hall–Kier alpha value is -1.97. The Bertz CT molecular complexity index is 525. The molecule has 2 rings (SSSR count). The van der Waals surface area contributed by atoms with E-state index in [0.717, 1.165) is 0 Å². The van der Waals surface area contributed by atoms with Crippen molar-refractivity contribution in [1.82, 2.24) is 4.98 Å². The standard InChI is InChI=1S/C11H9FN2O/c12-9-4-7-2-1-3-14-10(7)5-8(9)6-11(13)15/h1-5H,6H2,(H2,13,15). The molecule has 1 heterocycles. The van der Waals surface area contributed by atoms with Gasteiger partial charge in [0, 0.05) is 11.6 Å². The zero-order chi connectivity index (χ0) is 10.8. The quantitative estimate of drug-likeness (QED) is 0.803. The van der Waals surface area contributed by atoms with Crippen LogP contribution in [-0.2, 0) is 11.2 Å². The molecule has 2 aromatic rings. The van der Waals surface area contributed by atoms with Gasteiger partial charge in [0.15, 0.2) is 0 Å². The first-order chi connectivity index (χ1) is 7.16.